The van der Waals surface area contributed by atoms with E-state index in [9.17, 15) is 4.79 Å². The molecule has 0 radical (unpaired) electrons. The van der Waals surface area contributed by atoms with Gasteiger partial charge in [-0.05, 0) is 47.0 Å². The molecule has 0 spiro atoms. The molecule has 1 heterocycles. The van der Waals surface area contributed by atoms with Gasteiger partial charge in [-0.2, -0.15) is 0 Å². The van der Waals surface area contributed by atoms with Crippen LogP contribution in [0.25, 0.3) is 22.3 Å². The number of carbonyl (C=O) groups is 1. The molecule has 0 saturated carbocycles. The normalized spacial score (nSPS) is 10.5. The molecule has 3 rings (SSSR count). The molecular weight excluding hydrogens is 345 g/mol. The summed E-state index contributed by atoms with van der Waals surface area (Å²) in [5.74, 6) is -0.479. The molecule has 3 aromatic rings. The predicted molar refractivity (Wildman–Crippen MR) is 96.5 cm³/mol. The molecule has 0 N–H and O–H groups in total. The fourth-order valence-corrected chi connectivity index (χ4v) is 2.65. The van der Waals surface area contributed by atoms with Crippen LogP contribution in [-0.2, 0) is 4.74 Å². The van der Waals surface area contributed by atoms with Crippen LogP contribution in [0.1, 0.15) is 10.5 Å². The SMILES string of the molecule is COC(=O)c1cc(-c2ccc(Cl)cc2)c(-c2ccc(Cl)cc2)cn1. The monoisotopic (exact) mass is 357 g/mol. The van der Waals surface area contributed by atoms with E-state index in [4.69, 9.17) is 27.9 Å². The molecule has 0 unspecified atom stereocenters. The lowest BCUT2D eigenvalue weighted by Crippen LogP contribution is -2.04. The van der Waals surface area contributed by atoms with Crippen molar-refractivity contribution in [3.8, 4) is 22.3 Å². The number of halogens is 2. The summed E-state index contributed by atoms with van der Waals surface area (Å²) in [6, 6.07) is 16.6. The first-order valence-corrected chi connectivity index (χ1v) is 7.94. The van der Waals surface area contributed by atoms with E-state index in [0.29, 0.717) is 10.0 Å². The molecular formula is C19H13Cl2NO2. The van der Waals surface area contributed by atoms with Gasteiger partial charge in [0.15, 0.2) is 0 Å². The Hall–Kier alpha value is -2.36. The van der Waals surface area contributed by atoms with Crippen molar-refractivity contribution in [1.29, 1.82) is 0 Å². The van der Waals surface area contributed by atoms with Crippen LogP contribution < -0.4 is 0 Å². The van der Waals surface area contributed by atoms with Gasteiger partial charge in [-0.25, -0.2) is 9.78 Å². The van der Waals surface area contributed by atoms with E-state index in [-0.39, 0.29) is 5.69 Å². The Balaban J connectivity index is 2.19. The molecule has 0 amide bonds. The standard InChI is InChI=1S/C19H13Cl2NO2/c1-24-19(23)18-10-16(12-2-6-14(20)7-3-12)17(11-22-18)13-4-8-15(21)9-5-13/h2-11H,1H3. The summed E-state index contributed by atoms with van der Waals surface area (Å²) in [4.78, 5) is 16.0. The summed E-state index contributed by atoms with van der Waals surface area (Å²) in [5.41, 5.74) is 3.89. The highest BCUT2D eigenvalue weighted by atomic mass is 35.5. The second-order valence-electron chi connectivity index (χ2n) is 5.12. The number of carbonyl (C=O) groups excluding carboxylic acids is 1. The van der Waals surface area contributed by atoms with E-state index >= 15 is 0 Å². The van der Waals surface area contributed by atoms with E-state index in [1.165, 1.54) is 7.11 Å². The molecule has 0 atom stereocenters. The first-order chi connectivity index (χ1) is 11.6. The summed E-state index contributed by atoms with van der Waals surface area (Å²) in [5, 5.41) is 1.31. The fraction of sp³-hybridized carbons (Fsp3) is 0.0526. The first-order valence-electron chi connectivity index (χ1n) is 7.19. The van der Waals surface area contributed by atoms with Crippen molar-refractivity contribution in [1.82, 2.24) is 4.98 Å². The van der Waals surface area contributed by atoms with E-state index in [2.05, 4.69) is 4.98 Å². The quantitative estimate of drug-likeness (QED) is 0.580. The summed E-state index contributed by atoms with van der Waals surface area (Å²) in [6.07, 6.45) is 1.67. The number of nitrogens with zero attached hydrogens (tertiary/aromatic N) is 1. The number of hydrogen-bond acceptors (Lipinski definition) is 3. The lowest BCUT2D eigenvalue weighted by molar-refractivity contribution is 0.0594. The lowest BCUT2D eigenvalue weighted by Gasteiger charge is -2.12. The van der Waals surface area contributed by atoms with Crippen LogP contribution in [-0.4, -0.2) is 18.1 Å². The summed E-state index contributed by atoms with van der Waals surface area (Å²) < 4.78 is 4.77. The molecule has 3 nitrogen and oxygen atoms in total. The molecule has 5 heteroatoms. The summed E-state index contributed by atoms with van der Waals surface area (Å²) in [7, 11) is 1.33. The van der Waals surface area contributed by atoms with Gasteiger partial charge in [0.25, 0.3) is 0 Å². The number of pyridine rings is 1. The predicted octanol–water partition coefficient (Wildman–Crippen LogP) is 5.51. The maximum Gasteiger partial charge on any atom is 0.356 e. The van der Waals surface area contributed by atoms with Gasteiger partial charge in [0.2, 0.25) is 0 Å². The molecule has 120 valence electrons. The van der Waals surface area contributed by atoms with Gasteiger partial charge < -0.3 is 4.74 Å². The number of ether oxygens (including phenoxy) is 1. The van der Waals surface area contributed by atoms with Gasteiger partial charge in [-0.1, -0.05) is 47.5 Å². The van der Waals surface area contributed by atoms with Crippen LogP contribution >= 0.6 is 23.2 Å². The third-order valence-electron chi connectivity index (χ3n) is 3.61. The Morgan fingerprint density at radius 2 is 1.38 bits per heavy atom. The maximum atomic E-state index is 11.8. The molecule has 2 aromatic carbocycles. The highest BCUT2D eigenvalue weighted by molar-refractivity contribution is 6.31. The van der Waals surface area contributed by atoms with Crippen LogP contribution in [0.4, 0.5) is 0 Å². The average Bonchev–Trinajstić information content (AvgIpc) is 2.62. The Morgan fingerprint density at radius 3 is 1.88 bits per heavy atom. The van der Waals surface area contributed by atoms with Gasteiger partial charge in [0.05, 0.1) is 7.11 Å². The molecule has 0 aliphatic heterocycles. The van der Waals surface area contributed by atoms with Gasteiger partial charge in [0.1, 0.15) is 5.69 Å². The zero-order valence-electron chi connectivity index (χ0n) is 12.8. The van der Waals surface area contributed by atoms with Gasteiger partial charge >= 0.3 is 5.97 Å². The number of benzene rings is 2. The molecule has 0 fully saturated rings. The Kier molecular flexibility index (Phi) is 4.84. The van der Waals surface area contributed by atoms with E-state index in [0.717, 1.165) is 22.3 Å². The largest absolute Gasteiger partial charge is 0.464 e. The Morgan fingerprint density at radius 1 is 0.875 bits per heavy atom. The number of methoxy groups -OCH3 is 1. The van der Waals surface area contributed by atoms with Crippen LogP contribution in [0, 0.1) is 0 Å². The number of rotatable bonds is 3. The van der Waals surface area contributed by atoms with E-state index < -0.39 is 5.97 Å². The van der Waals surface area contributed by atoms with Crippen LogP contribution in [0.3, 0.4) is 0 Å². The van der Waals surface area contributed by atoms with Crippen molar-refractivity contribution in [3.05, 3.63) is 76.5 Å². The highest BCUT2D eigenvalue weighted by Gasteiger charge is 2.14. The van der Waals surface area contributed by atoms with Crippen molar-refractivity contribution in [3.63, 3.8) is 0 Å². The van der Waals surface area contributed by atoms with E-state index in [1.54, 1.807) is 24.4 Å². The van der Waals surface area contributed by atoms with Crippen LogP contribution in [0.5, 0.6) is 0 Å². The molecule has 1 aromatic heterocycles. The second-order valence-corrected chi connectivity index (χ2v) is 5.99. The van der Waals surface area contributed by atoms with Gasteiger partial charge in [-0.3, -0.25) is 0 Å². The smallest absolute Gasteiger partial charge is 0.356 e. The number of hydrogen-bond donors (Lipinski definition) is 0. The second kappa shape index (κ2) is 7.04. The number of aromatic nitrogens is 1. The number of esters is 1. The van der Waals surface area contributed by atoms with Crippen molar-refractivity contribution in [2.24, 2.45) is 0 Å². The maximum absolute atomic E-state index is 11.8. The Bertz CT molecular complexity index is 875. The summed E-state index contributed by atoms with van der Waals surface area (Å²) in [6.45, 7) is 0. The highest BCUT2D eigenvalue weighted by Crippen LogP contribution is 2.33. The Labute approximate surface area is 149 Å². The van der Waals surface area contributed by atoms with Crippen LogP contribution in [0.2, 0.25) is 10.0 Å². The first kappa shape index (κ1) is 16.5. The van der Waals surface area contributed by atoms with E-state index in [1.807, 2.05) is 36.4 Å². The van der Waals surface area contributed by atoms with Crippen molar-refractivity contribution in [2.45, 2.75) is 0 Å². The third kappa shape index (κ3) is 3.42. The molecule has 0 aliphatic rings. The zero-order chi connectivity index (χ0) is 17.1. The third-order valence-corrected chi connectivity index (χ3v) is 4.11. The van der Waals surface area contributed by atoms with Crippen molar-refractivity contribution in [2.75, 3.05) is 7.11 Å². The van der Waals surface area contributed by atoms with Crippen molar-refractivity contribution >= 4 is 29.2 Å². The minimum absolute atomic E-state index is 0.250. The lowest BCUT2D eigenvalue weighted by atomic mass is 9.95. The average molecular weight is 358 g/mol. The minimum atomic E-state index is -0.479. The van der Waals surface area contributed by atoms with Crippen molar-refractivity contribution < 1.29 is 9.53 Å². The molecule has 0 aliphatic carbocycles. The van der Waals surface area contributed by atoms with Crippen LogP contribution in [0.15, 0.2) is 60.8 Å². The molecule has 0 bridgehead atoms. The fourth-order valence-electron chi connectivity index (χ4n) is 2.40. The zero-order valence-corrected chi connectivity index (χ0v) is 14.3. The summed E-state index contributed by atoms with van der Waals surface area (Å²) >= 11 is 11.9. The molecule has 24 heavy (non-hydrogen) atoms. The van der Waals surface area contributed by atoms with Gasteiger partial charge in [-0.15, -0.1) is 0 Å². The topological polar surface area (TPSA) is 39.2 Å². The molecule has 0 saturated heterocycles. The van der Waals surface area contributed by atoms with Gasteiger partial charge in [0, 0.05) is 21.8 Å². The minimum Gasteiger partial charge on any atom is -0.464 e.